The van der Waals surface area contributed by atoms with Crippen molar-refractivity contribution in [2.45, 2.75) is 59.4 Å². The molecule has 0 bridgehead atoms. The Bertz CT molecular complexity index is 394. The van der Waals surface area contributed by atoms with Crippen LogP contribution in [0.1, 0.15) is 57.0 Å². The summed E-state index contributed by atoms with van der Waals surface area (Å²) in [6, 6.07) is 0. The number of aromatic nitrogens is 1. The second kappa shape index (κ2) is 7.99. The first-order valence-electron chi connectivity index (χ1n) is 8.15. The molecule has 0 radical (unpaired) electrons. The molecular weight excluding hydrogens is 266 g/mol. The summed E-state index contributed by atoms with van der Waals surface area (Å²) in [6.07, 6.45) is 6.32. The molecular formula is C16H29N3S. The summed E-state index contributed by atoms with van der Waals surface area (Å²) in [4.78, 5) is 8.86. The zero-order valence-corrected chi connectivity index (χ0v) is 14.1. The fourth-order valence-electron chi connectivity index (χ4n) is 2.63. The first-order valence-corrected chi connectivity index (χ1v) is 8.96. The van der Waals surface area contributed by atoms with Crippen LogP contribution in [-0.4, -0.2) is 24.6 Å². The molecule has 0 aliphatic carbocycles. The molecule has 1 aliphatic heterocycles. The lowest BCUT2D eigenvalue weighted by molar-refractivity contribution is 0.553. The van der Waals surface area contributed by atoms with Gasteiger partial charge in [0.1, 0.15) is 0 Å². The van der Waals surface area contributed by atoms with E-state index < -0.39 is 0 Å². The minimum atomic E-state index is 0.708. The van der Waals surface area contributed by atoms with Gasteiger partial charge in [-0.3, -0.25) is 0 Å². The zero-order chi connectivity index (χ0) is 14.4. The van der Waals surface area contributed by atoms with Crippen molar-refractivity contribution in [2.24, 2.45) is 5.92 Å². The fourth-order valence-corrected chi connectivity index (χ4v) is 3.76. The highest BCUT2D eigenvalue weighted by Crippen LogP contribution is 2.29. The highest BCUT2D eigenvalue weighted by atomic mass is 32.1. The summed E-state index contributed by atoms with van der Waals surface area (Å²) in [5.41, 5.74) is 1.33. The van der Waals surface area contributed by atoms with Gasteiger partial charge in [0.15, 0.2) is 5.13 Å². The topological polar surface area (TPSA) is 28.2 Å². The van der Waals surface area contributed by atoms with Crippen LogP contribution in [0.5, 0.6) is 0 Å². The second-order valence-electron chi connectivity index (χ2n) is 6.19. The number of piperidine rings is 1. The van der Waals surface area contributed by atoms with Gasteiger partial charge in [0.2, 0.25) is 0 Å². The van der Waals surface area contributed by atoms with Crippen LogP contribution in [0.15, 0.2) is 0 Å². The van der Waals surface area contributed by atoms with Gasteiger partial charge in [-0.1, -0.05) is 27.2 Å². The summed E-state index contributed by atoms with van der Waals surface area (Å²) < 4.78 is 0. The van der Waals surface area contributed by atoms with Gasteiger partial charge >= 0.3 is 0 Å². The van der Waals surface area contributed by atoms with Crippen LogP contribution in [0, 0.1) is 5.92 Å². The van der Waals surface area contributed by atoms with Gasteiger partial charge in [0.05, 0.1) is 5.69 Å². The number of aryl methyl sites for hydroxylation is 1. The van der Waals surface area contributed by atoms with Gasteiger partial charge in [0.25, 0.3) is 0 Å². The smallest absolute Gasteiger partial charge is 0.185 e. The first-order chi connectivity index (χ1) is 9.70. The van der Waals surface area contributed by atoms with E-state index >= 15 is 0 Å². The molecule has 3 nitrogen and oxygen atoms in total. The Labute approximate surface area is 127 Å². The fraction of sp³-hybridized carbons (Fsp3) is 0.812. The molecule has 114 valence electrons. The van der Waals surface area contributed by atoms with Crippen molar-refractivity contribution in [3.8, 4) is 0 Å². The average Bonchev–Trinajstić information content (AvgIpc) is 2.83. The summed E-state index contributed by atoms with van der Waals surface area (Å²) in [7, 11) is 0. The molecule has 1 aliphatic rings. The van der Waals surface area contributed by atoms with E-state index in [-0.39, 0.29) is 0 Å². The minimum absolute atomic E-state index is 0.708. The van der Waals surface area contributed by atoms with Crippen LogP contribution < -0.4 is 10.2 Å². The molecule has 1 fully saturated rings. The summed E-state index contributed by atoms with van der Waals surface area (Å²) >= 11 is 1.91. The van der Waals surface area contributed by atoms with E-state index in [1.165, 1.54) is 54.5 Å². The van der Waals surface area contributed by atoms with Crippen molar-refractivity contribution in [1.82, 2.24) is 10.3 Å². The number of rotatable bonds is 7. The third-order valence-electron chi connectivity index (χ3n) is 3.72. The van der Waals surface area contributed by atoms with Gasteiger partial charge in [-0.15, -0.1) is 11.3 Å². The third-order valence-corrected chi connectivity index (χ3v) is 4.88. The maximum Gasteiger partial charge on any atom is 0.185 e. The van der Waals surface area contributed by atoms with Crippen molar-refractivity contribution < 1.29 is 0 Å². The van der Waals surface area contributed by atoms with Crippen molar-refractivity contribution in [3.05, 3.63) is 10.6 Å². The Morgan fingerprint density at radius 2 is 2.00 bits per heavy atom. The SMILES string of the molecule is CCCc1nc(N2CCCCC2)sc1CNCC(C)C. The standard InChI is InChI=1S/C16H29N3S/c1-4-8-14-15(12-17-11-13(2)3)20-16(18-14)19-9-6-5-7-10-19/h13,17H,4-12H2,1-3H3. The van der Waals surface area contributed by atoms with E-state index in [2.05, 4.69) is 31.0 Å². The minimum Gasteiger partial charge on any atom is -0.348 e. The van der Waals surface area contributed by atoms with Crippen LogP contribution >= 0.6 is 11.3 Å². The summed E-state index contributed by atoms with van der Waals surface area (Å²) in [5.74, 6) is 0.708. The normalized spacial score (nSPS) is 16.1. The molecule has 2 heterocycles. The van der Waals surface area contributed by atoms with E-state index in [1.54, 1.807) is 0 Å². The van der Waals surface area contributed by atoms with Gasteiger partial charge < -0.3 is 10.2 Å². The predicted octanol–water partition coefficient (Wildman–Crippen LogP) is 3.83. The maximum atomic E-state index is 4.93. The predicted molar refractivity (Wildman–Crippen MR) is 88.7 cm³/mol. The second-order valence-corrected chi connectivity index (χ2v) is 7.25. The number of hydrogen-bond acceptors (Lipinski definition) is 4. The van der Waals surface area contributed by atoms with E-state index in [9.17, 15) is 0 Å². The number of nitrogens with zero attached hydrogens (tertiary/aromatic N) is 2. The molecule has 1 aromatic rings. The molecule has 1 N–H and O–H groups in total. The van der Waals surface area contributed by atoms with Crippen LogP contribution in [0.2, 0.25) is 0 Å². The molecule has 0 spiro atoms. The van der Waals surface area contributed by atoms with E-state index in [1.807, 2.05) is 11.3 Å². The largest absolute Gasteiger partial charge is 0.348 e. The maximum absolute atomic E-state index is 4.93. The Morgan fingerprint density at radius 1 is 1.25 bits per heavy atom. The molecule has 2 rings (SSSR count). The number of nitrogens with one attached hydrogen (secondary N) is 1. The molecule has 0 saturated carbocycles. The van der Waals surface area contributed by atoms with Crippen molar-refractivity contribution in [3.63, 3.8) is 0 Å². The number of thiazole rings is 1. The highest BCUT2D eigenvalue weighted by Gasteiger charge is 2.17. The quantitative estimate of drug-likeness (QED) is 0.828. The lowest BCUT2D eigenvalue weighted by atomic mass is 10.1. The van der Waals surface area contributed by atoms with E-state index in [0.717, 1.165) is 19.5 Å². The third kappa shape index (κ3) is 4.45. The molecule has 20 heavy (non-hydrogen) atoms. The van der Waals surface area contributed by atoms with Gasteiger partial charge in [-0.2, -0.15) is 0 Å². The average molecular weight is 295 g/mol. The Balaban J connectivity index is 2.02. The summed E-state index contributed by atoms with van der Waals surface area (Å²) in [6.45, 7) is 11.2. The van der Waals surface area contributed by atoms with Crippen LogP contribution in [0.3, 0.4) is 0 Å². The van der Waals surface area contributed by atoms with Crippen LogP contribution in [0.25, 0.3) is 0 Å². The lowest BCUT2D eigenvalue weighted by Crippen LogP contribution is -2.29. The van der Waals surface area contributed by atoms with Crippen LogP contribution in [0.4, 0.5) is 5.13 Å². The van der Waals surface area contributed by atoms with Gasteiger partial charge in [-0.25, -0.2) is 4.98 Å². The molecule has 0 aromatic carbocycles. The van der Waals surface area contributed by atoms with Gasteiger partial charge in [0, 0.05) is 24.5 Å². The van der Waals surface area contributed by atoms with Crippen molar-refractivity contribution >= 4 is 16.5 Å². The van der Waals surface area contributed by atoms with Gasteiger partial charge in [-0.05, 0) is 38.1 Å². The zero-order valence-electron chi connectivity index (χ0n) is 13.2. The Kier molecular flexibility index (Phi) is 6.30. The van der Waals surface area contributed by atoms with E-state index in [4.69, 9.17) is 4.98 Å². The highest BCUT2D eigenvalue weighted by molar-refractivity contribution is 7.15. The summed E-state index contributed by atoms with van der Waals surface area (Å²) in [5, 5.41) is 4.83. The molecule has 0 unspecified atom stereocenters. The lowest BCUT2D eigenvalue weighted by Gasteiger charge is -2.25. The monoisotopic (exact) mass is 295 g/mol. The Hall–Kier alpha value is -0.610. The first kappa shape index (κ1) is 15.8. The Morgan fingerprint density at radius 3 is 2.65 bits per heavy atom. The van der Waals surface area contributed by atoms with Crippen molar-refractivity contribution in [2.75, 3.05) is 24.5 Å². The molecule has 0 atom stereocenters. The molecule has 1 aromatic heterocycles. The van der Waals surface area contributed by atoms with Crippen molar-refractivity contribution in [1.29, 1.82) is 0 Å². The number of hydrogen-bond donors (Lipinski definition) is 1. The van der Waals surface area contributed by atoms with Crippen LogP contribution in [-0.2, 0) is 13.0 Å². The molecule has 4 heteroatoms. The molecule has 1 saturated heterocycles. The van der Waals surface area contributed by atoms with E-state index in [0.29, 0.717) is 5.92 Å². The molecule has 0 amide bonds. The number of anilines is 1.